The zero-order valence-electron chi connectivity index (χ0n) is 15.1. The highest BCUT2D eigenvalue weighted by molar-refractivity contribution is 6.54. The quantitative estimate of drug-likeness (QED) is 0.864. The molecule has 6 nitrogen and oxygen atoms in total. The molecule has 2 aliphatic heterocycles. The number of amides is 1. The molecule has 1 amide bonds. The number of methoxy groups -OCH3 is 1. The maximum atomic E-state index is 12.4. The number of para-hydroxylation sites is 1. The van der Waals surface area contributed by atoms with Crippen molar-refractivity contribution >= 4 is 17.3 Å². The second kappa shape index (κ2) is 6.46. The first kappa shape index (κ1) is 16.6. The maximum absolute atomic E-state index is 12.4. The van der Waals surface area contributed by atoms with Crippen LogP contribution in [0, 0.1) is 0 Å². The van der Waals surface area contributed by atoms with Gasteiger partial charge in [0.05, 0.1) is 12.8 Å². The number of ether oxygens (including phenoxy) is 1. The summed E-state index contributed by atoms with van der Waals surface area (Å²) in [5.74, 6) is 0.588. The van der Waals surface area contributed by atoms with E-state index < -0.39 is 0 Å². The van der Waals surface area contributed by atoms with Crippen LogP contribution in [-0.4, -0.2) is 44.3 Å². The smallest absolute Gasteiger partial charge is 0.278 e. The van der Waals surface area contributed by atoms with E-state index in [1.807, 2.05) is 24.3 Å². The highest BCUT2D eigenvalue weighted by Crippen LogP contribution is 2.42. The molecule has 0 saturated carbocycles. The van der Waals surface area contributed by atoms with Gasteiger partial charge in [0.1, 0.15) is 12.9 Å². The number of anilines is 1. The van der Waals surface area contributed by atoms with E-state index in [-0.39, 0.29) is 5.91 Å². The molecule has 0 spiro atoms. The van der Waals surface area contributed by atoms with E-state index in [2.05, 4.69) is 28.5 Å². The number of rotatable bonds is 3. The molecule has 0 aromatic heterocycles. The highest BCUT2D eigenvalue weighted by Gasteiger charge is 2.33. The summed E-state index contributed by atoms with van der Waals surface area (Å²) in [6.07, 6.45) is 0.916. The van der Waals surface area contributed by atoms with E-state index in [4.69, 9.17) is 9.57 Å². The Kier molecular flexibility index (Phi) is 4.12. The van der Waals surface area contributed by atoms with Crippen molar-refractivity contribution in [2.24, 2.45) is 5.16 Å². The fourth-order valence-corrected chi connectivity index (χ4v) is 3.81. The zero-order chi connectivity index (χ0) is 18.3. The van der Waals surface area contributed by atoms with Crippen LogP contribution in [0.4, 0.5) is 5.69 Å². The molecule has 0 unspecified atom stereocenters. The fourth-order valence-electron chi connectivity index (χ4n) is 3.81. The first-order valence-corrected chi connectivity index (χ1v) is 8.57. The van der Waals surface area contributed by atoms with Crippen molar-refractivity contribution in [2.45, 2.75) is 13.0 Å². The van der Waals surface area contributed by atoms with E-state index in [1.165, 1.54) is 12.7 Å². The molecule has 2 aromatic carbocycles. The summed E-state index contributed by atoms with van der Waals surface area (Å²) in [4.78, 5) is 19.6. The van der Waals surface area contributed by atoms with E-state index >= 15 is 0 Å². The lowest BCUT2D eigenvalue weighted by atomic mass is 9.87. The lowest BCUT2D eigenvalue weighted by Gasteiger charge is -2.29. The lowest BCUT2D eigenvalue weighted by Crippen LogP contribution is -2.27. The minimum atomic E-state index is -0.227. The van der Waals surface area contributed by atoms with Gasteiger partial charge in [0, 0.05) is 24.2 Å². The Hall–Kier alpha value is -2.86. The van der Waals surface area contributed by atoms with Gasteiger partial charge in [0.15, 0.2) is 5.71 Å². The second-order valence-electron chi connectivity index (χ2n) is 6.57. The molecule has 0 bridgehead atoms. The molecule has 1 N–H and O–H groups in total. The van der Waals surface area contributed by atoms with Crippen LogP contribution in [0.5, 0.6) is 5.75 Å². The van der Waals surface area contributed by atoms with Crippen molar-refractivity contribution in [2.75, 3.05) is 33.1 Å². The van der Waals surface area contributed by atoms with E-state index in [0.29, 0.717) is 5.71 Å². The molecule has 0 fully saturated rings. The number of fused-ring (bicyclic) bond motifs is 3. The molecule has 0 aliphatic carbocycles. The normalized spacial score (nSPS) is 17.7. The monoisotopic (exact) mass is 351 g/mol. The summed E-state index contributed by atoms with van der Waals surface area (Å²) in [7, 11) is 5.22. The number of hydrogen-bond donors (Lipinski definition) is 1. The number of nitrogens with zero attached hydrogens (tertiary/aromatic N) is 2. The van der Waals surface area contributed by atoms with Gasteiger partial charge in [0.25, 0.3) is 5.91 Å². The molecule has 134 valence electrons. The van der Waals surface area contributed by atoms with Crippen LogP contribution < -0.4 is 10.1 Å². The van der Waals surface area contributed by atoms with Crippen LogP contribution in [0.25, 0.3) is 11.1 Å². The van der Waals surface area contributed by atoms with Gasteiger partial charge in [-0.05, 0) is 42.3 Å². The first-order valence-electron chi connectivity index (χ1n) is 8.57. The topological polar surface area (TPSA) is 63.2 Å². The predicted octanol–water partition coefficient (Wildman–Crippen LogP) is 2.65. The molecular weight excluding hydrogens is 330 g/mol. The van der Waals surface area contributed by atoms with Crippen LogP contribution >= 0.6 is 0 Å². The van der Waals surface area contributed by atoms with Gasteiger partial charge in [-0.2, -0.15) is 0 Å². The summed E-state index contributed by atoms with van der Waals surface area (Å²) in [5, 5.41) is 6.93. The minimum Gasteiger partial charge on any atom is -0.496 e. The highest BCUT2D eigenvalue weighted by atomic mass is 16.6. The summed E-state index contributed by atoms with van der Waals surface area (Å²) >= 11 is 0. The molecule has 2 heterocycles. The molecular formula is C20H21N3O3. The zero-order valence-corrected chi connectivity index (χ0v) is 15.1. The van der Waals surface area contributed by atoms with E-state index in [9.17, 15) is 4.79 Å². The third kappa shape index (κ3) is 2.54. The summed E-state index contributed by atoms with van der Waals surface area (Å²) in [6.45, 7) is 1.75. The molecule has 2 aromatic rings. The van der Waals surface area contributed by atoms with Gasteiger partial charge < -0.3 is 19.8 Å². The van der Waals surface area contributed by atoms with Crippen LogP contribution in [0.15, 0.2) is 35.5 Å². The number of hydrogen-bond acceptors (Lipinski definition) is 5. The minimum absolute atomic E-state index is 0.227. The van der Waals surface area contributed by atoms with Crippen molar-refractivity contribution < 1.29 is 14.4 Å². The van der Waals surface area contributed by atoms with Gasteiger partial charge in [-0.1, -0.05) is 23.4 Å². The number of carbonyl (C=O) groups is 1. The summed E-state index contributed by atoms with van der Waals surface area (Å²) < 4.78 is 5.58. The van der Waals surface area contributed by atoms with Crippen LogP contribution in [0.2, 0.25) is 0 Å². The van der Waals surface area contributed by atoms with Crippen LogP contribution in [-0.2, 0) is 22.6 Å². The molecule has 0 atom stereocenters. The Balaban J connectivity index is 2.01. The molecule has 0 radical (unpaired) electrons. The van der Waals surface area contributed by atoms with Crippen molar-refractivity contribution in [3.63, 3.8) is 0 Å². The van der Waals surface area contributed by atoms with Crippen molar-refractivity contribution in [1.82, 2.24) is 4.90 Å². The first-order chi connectivity index (χ1) is 12.6. The Morgan fingerprint density at radius 3 is 2.69 bits per heavy atom. The fraction of sp³-hybridized carbons (Fsp3) is 0.300. The number of oxime groups is 1. The Bertz CT molecular complexity index is 921. The standard InChI is InChI=1S/C20H21N3O3/c1-23-9-8-12-14(13-6-4-5-7-17(13)25-2)10-15-18(16(12)11-23)21-20(24)19(15)22-26-3/h4-7,10H,8-9,11H2,1-3H3,(H,21,22,24). The number of nitrogens with one attached hydrogen (secondary N) is 1. The molecule has 6 heteroatoms. The predicted molar refractivity (Wildman–Crippen MR) is 101 cm³/mol. The van der Waals surface area contributed by atoms with Crippen molar-refractivity contribution in [3.8, 4) is 16.9 Å². The number of carbonyl (C=O) groups excluding carboxylic acids is 1. The van der Waals surface area contributed by atoms with Gasteiger partial charge in [-0.15, -0.1) is 0 Å². The summed E-state index contributed by atoms with van der Waals surface area (Å²) in [6, 6.07) is 10.00. The number of likely N-dealkylation sites (N-methyl/N-ethyl adjacent to an activating group) is 1. The van der Waals surface area contributed by atoms with Gasteiger partial charge >= 0.3 is 0 Å². The third-order valence-corrected chi connectivity index (χ3v) is 5.01. The molecule has 0 saturated heterocycles. The average molecular weight is 351 g/mol. The molecule has 26 heavy (non-hydrogen) atoms. The van der Waals surface area contributed by atoms with Crippen molar-refractivity contribution in [3.05, 3.63) is 47.0 Å². The van der Waals surface area contributed by atoms with Crippen LogP contribution in [0.1, 0.15) is 16.7 Å². The van der Waals surface area contributed by atoms with Crippen LogP contribution in [0.3, 0.4) is 0 Å². The SMILES string of the molecule is CO/N=C1/C(=O)Nc2c1cc(-c1ccccc1OC)c1c2CN(C)CC1. The molecule has 4 rings (SSSR count). The van der Waals surface area contributed by atoms with E-state index in [0.717, 1.165) is 53.2 Å². The Morgan fingerprint density at radius 2 is 1.92 bits per heavy atom. The third-order valence-electron chi connectivity index (χ3n) is 5.01. The largest absolute Gasteiger partial charge is 0.496 e. The maximum Gasteiger partial charge on any atom is 0.278 e. The lowest BCUT2D eigenvalue weighted by molar-refractivity contribution is -0.110. The average Bonchev–Trinajstić information content (AvgIpc) is 2.97. The van der Waals surface area contributed by atoms with Gasteiger partial charge in [-0.25, -0.2) is 0 Å². The van der Waals surface area contributed by atoms with Crippen molar-refractivity contribution in [1.29, 1.82) is 0 Å². The number of benzene rings is 2. The molecule has 2 aliphatic rings. The second-order valence-corrected chi connectivity index (χ2v) is 6.57. The van der Waals surface area contributed by atoms with Gasteiger partial charge in [-0.3, -0.25) is 4.79 Å². The van der Waals surface area contributed by atoms with E-state index in [1.54, 1.807) is 7.11 Å². The van der Waals surface area contributed by atoms with Gasteiger partial charge in [0.2, 0.25) is 0 Å². The Labute approximate surface area is 152 Å². The summed E-state index contributed by atoms with van der Waals surface area (Å²) in [5.41, 5.74) is 6.46. The Morgan fingerprint density at radius 1 is 1.12 bits per heavy atom.